The molecule has 1 amide bonds. The van der Waals surface area contributed by atoms with Crippen LogP contribution >= 0.6 is 0 Å². The molecular formula is C24H30N4O3. The molecular weight excluding hydrogens is 392 g/mol. The van der Waals surface area contributed by atoms with E-state index >= 15 is 0 Å². The number of hydrogen-bond acceptors (Lipinski definition) is 6. The zero-order valence-corrected chi connectivity index (χ0v) is 17.8. The summed E-state index contributed by atoms with van der Waals surface area (Å²) in [6.07, 6.45) is 12.3. The van der Waals surface area contributed by atoms with Crippen LogP contribution in [0.5, 0.6) is 5.75 Å². The third-order valence-corrected chi connectivity index (χ3v) is 6.83. The van der Waals surface area contributed by atoms with Crippen molar-refractivity contribution in [1.29, 1.82) is 0 Å². The van der Waals surface area contributed by atoms with Gasteiger partial charge in [-0.25, -0.2) is 14.8 Å². The average Bonchev–Trinajstić information content (AvgIpc) is 3.43. The van der Waals surface area contributed by atoms with Crippen LogP contribution in [0.25, 0.3) is 0 Å². The number of aromatic nitrogens is 2. The molecule has 7 heteroatoms. The van der Waals surface area contributed by atoms with Crippen molar-refractivity contribution in [2.75, 3.05) is 23.3 Å². The average molecular weight is 423 g/mol. The normalized spacial score (nSPS) is 26.3. The number of amides is 1. The molecule has 5 rings (SSSR count). The van der Waals surface area contributed by atoms with Crippen LogP contribution in [-0.4, -0.2) is 40.9 Å². The fourth-order valence-electron chi connectivity index (χ4n) is 4.98. The zero-order chi connectivity index (χ0) is 21.1. The molecule has 2 saturated carbocycles. The van der Waals surface area contributed by atoms with Crippen molar-refractivity contribution in [2.24, 2.45) is 5.92 Å². The van der Waals surface area contributed by atoms with Crippen LogP contribution in [0.2, 0.25) is 0 Å². The summed E-state index contributed by atoms with van der Waals surface area (Å²) in [5.74, 6) is 2.95. The molecule has 1 N–H and O–H groups in total. The minimum absolute atomic E-state index is 0.278. The fourth-order valence-corrected chi connectivity index (χ4v) is 4.98. The van der Waals surface area contributed by atoms with Crippen molar-refractivity contribution >= 4 is 17.7 Å². The first-order valence-corrected chi connectivity index (χ1v) is 11.5. The highest BCUT2D eigenvalue weighted by Gasteiger charge is 2.47. The van der Waals surface area contributed by atoms with E-state index in [0.29, 0.717) is 24.4 Å². The van der Waals surface area contributed by atoms with Crippen LogP contribution in [0.1, 0.15) is 51.4 Å². The molecule has 1 spiro atoms. The molecule has 1 aliphatic heterocycles. The van der Waals surface area contributed by atoms with Gasteiger partial charge in [-0.05, 0) is 81.5 Å². The second kappa shape index (κ2) is 8.73. The van der Waals surface area contributed by atoms with Crippen LogP contribution in [-0.2, 0) is 4.74 Å². The Kier molecular flexibility index (Phi) is 5.66. The van der Waals surface area contributed by atoms with Crippen molar-refractivity contribution in [1.82, 2.24) is 9.97 Å². The van der Waals surface area contributed by atoms with Gasteiger partial charge in [-0.3, -0.25) is 4.90 Å². The molecule has 0 radical (unpaired) electrons. The van der Waals surface area contributed by atoms with Crippen LogP contribution in [0.15, 0.2) is 42.7 Å². The van der Waals surface area contributed by atoms with Gasteiger partial charge in [0.05, 0.1) is 18.8 Å². The first kappa shape index (κ1) is 20.1. The first-order chi connectivity index (χ1) is 15.2. The summed E-state index contributed by atoms with van der Waals surface area (Å²) in [6, 6.07) is 9.60. The second-order valence-electron chi connectivity index (χ2n) is 9.05. The number of nitrogens with one attached hydrogen (secondary N) is 1. The van der Waals surface area contributed by atoms with Crippen molar-refractivity contribution in [3.8, 4) is 5.75 Å². The highest BCUT2D eigenvalue weighted by Crippen LogP contribution is 2.40. The lowest BCUT2D eigenvalue weighted by atomic mass is 9.78. The third kappa shape index (κ3) is 4.60. The van der Waals surface area contributed by atoms with Crippen LogP contribution < -0.4 is 15.0 Å². The van der Waals surface area contributed by atoms with Gasteiger partial charge in [-0.2, -0.15) is 0 Å². The molecule has 2 aliphatic carbocycles. The van der Waals surface area contributed by atoms with E-state index in [1.54, 1.807) is 11.1 Å². The SMILES string of the molecule is O=C1O[C@]2(CC[C@H](CNc3ccc(OC4CCCC4)cn3)CC2)CN1c1ccccn1. The number of nitrogens with zero attached hydrogens (tertiary/aromatic N) is 3. The molecule has 3 aliphatic rings. The number of pyridine rings is 2. The summed E-state index contributed by atoms with van der Waals surface area (Å²) >= 11 is 0. The van der Waals surface area contributed by atoms with E-state index < -0.39 is 0 Å². The smallest absolute Gasteiger partial charge is 0.416 e. The lowest BCUT2D eigenvalue weighted by Gasteiger charge is -2.35. The molecule has 1 saturated heterocycles. The summed E-state index contributed by atoms with van der Waals surface area (Å²) < 4.78 is 11.8. The van der Waals surface area contributed by atoms with Gasteiger partial charge in [-0.1, -0.05) is 6.07 Å². The maximum atomic E-state index is 12.4. The van der Waals surface area contributed by atoms with Crippen molar-refractivity contribution in [3.05, 3.63) is 42.7 Å². The Labute approximate surface area is 183 Å². The number of ether oxygens (including phenoxy) is 2. The van der Waals surface area contributed by atoms with Gasteiger partial charge in [0.25, 0.3) is 0 Å². The summed E-state index contributed by atoms with van der Waals surface area (Å²) in [4.78, 5) is 22.9. The van der Waals surface area contributed by atoms with E-state index in [1.165, 1.54) is 12.8 Å². The Morgan fingerprint density at radius 3 is 2.65 bits per heavy atom. The monoisotopic (exact) mass is 422 g/mol. The summed E-state index contributed by atoms with van der Waals surface area (Å²) in [7, 11) is 0. The van der Waals surface area contributed by atoms with Gasteiger partial charge in [0.15, 0.2) is 0 Å². The summed E-state index contributed by atoms with van der Waals surface area (Å²) in [6.45, 7) is 1.47. The predicted molar refractivity (Wildman–Crippen MR) is 118 cm³/mol. The van der Waals surface area contributed by atoms with Gasteiger partial charge in [0.1, 0.15) is 23.0 Å². The van der Waals surface area contributed by atoms with E-state index in [4.69, 9.17) is 9.47 Å². The zero-order valence-electron chi connectivity index (χ0n) is 17.8. The standard InChI is InChI=1S/C24H30N4O3/c29-23-28(22-7-3-4-14-25-22)17-24(31-23)12-10-18(11-13-24)15-26-21-9-8-20(16-27-21)30-19-5-1-2-6-19/h3-4,7-9,14,16,18-19H,1-2,5-6,10-13,15,17H2,(H,26,27)/t18-,24-. The van der Waals surface area contributed by atoms with Gasteiger partial charge in [0.2, 0.25) is 0 Å². The molecule has 2 aromatic rings. The first-order valence-electron chi connectivity index (χ1n) is 11.5. The maximum Gasteiger partial charge on any atom is 0.416 e. The van der Waals surface area contributed by atoms with Crippen molar-refractivity contribution in [3.63, 3.8) is 0 Å². The molecule has 0 bridgehead atoms. The largest absolute Gasteiger partial charge is 0.489 e. The van der Waals surface area contributed by atoms with Crippen LogP contribution in [0.4, 0.5) is 16.4 Å². The van der Waals surface area contributed by atoms with Gasteiger partial charge < -0.3 is 14.8 Å². The number of anilines is 2. The third-order valence-electron chi connectivity index (χ3n) is 6.83. The van der Waals surface area contributed by atoms with Gasteiger partial charge >= 0.3 is 6.09 Å². The highest BCUT2D eigenvalue weighted by molar-refractivity contribution is 5.89. The maximum absolute atomic E-state index is 12.4. The summed E-state index contributed by atoms with van der Waals surface area (Å²) in [5.41, 5.74) is -0.372. The Balaban J connectivity index is 1.09. The summed E-state index contributed by atoms with van der Waals surface area (Å²) in [5, 5.41) is 3.46. The Bertz CT molecular complexity index is 875. The number of rotatable bonds is 6. The Hall–Kier alpha value is -2.83. The molecule has 0 atom stereocenters. The molecule has 3 heterocycles. The molecule has 0 unspecified atom stereocenters. The van der Waals surface area contributed by atoms with Crippen molar-refractivity contribution < 1.29 is 14.3 Å². The van der Waals surface area contributed by atoms with E-state index in [1.807, 2.05) is 36.5 Å². The quantitative estimate of drug-likeness (QED) is 0.721. The van der Waals surface area contributed by atoms with E-state index in [9.17, 15) is 4.79 Å². The Morgan fingerprint density at radius 1 is 1.10 bits per heavy atom. The number of carbonyl (C=O) groups is 1. The minimum Gasteiger partial charge on any atom is -0.489 e. The van der Waals surface area contributed by atoms with E-state index in [0.717, 1.165) is 56.6 Å². The molecule has 2 aromatic heterocycles. The van der Waals surface area contributed by atoms with Crippen LogP contribution in [0, 0.1) is 5.92 Å². The predicted octanol–water partition coefficient (Wildman–Crippen LogP) is 4.80. The van der Waals surface area contributed by atoms with E-state index in [-0.39, 0.29) is 11.7 Å². The lowest BCUT2D eigenvalue weighted by Crippen LogP contribution is -2.39. The molecule has 7 nitrogen and oxygen atoms in total. The second-order valence-corrected chi connectivity index (χ2v) is 9.05. The fraction of sp³-hybridized carbons (Fsp3) is 0.542. The van der Waals surface area contributed by atoms with Gasteiger partial charge in [0, 0.05) is 12.7 Å². The highest BCUT2D eigenvalue weighted by atomic mass is 16.6. The lowest BCUT2D eigenvalue weighted by molar-refractivity contribution is 0.0148. The molecule has 164 valence electrons. The molecule has 0 aromatic carbocycles. The number of hydrogen-bond donors (Lipinski definition) is 1. The van der Waals surface area contributed by atoms with Crippen molar-refractivity contribution in [2.45, 2.75) is 63.1 Å². The Morgan fingerprint density at radius 2 is 1.94 bits per heavy atom. The molecule has 31 heavy (non-hydrogen) atoms. The topological polar surface area (TPSA) is 76.6 Å². The van der Waals surface area contributed by atoms with E-state index in [2.05, 4.69) is 15.3 Å². The minimum atomic E-state index is -0.372. The molecule has 3 fully saturated rings. The van der Waals surface area contributed by atoms with Gasteiger partial charge in [-0.15, -0.1) is 0 Å². The van der Waals surface area contributed by atoms with Crippen LogP contribution in [0.3, 0.4) is 0 Å². The number of carbonyl (C=O) groups excluding carboxylic acids is 1.